The number of hydrogen-bond donors (Lipinski definition) is 0. The number of ether oxygens (including phenoxy) is 2. The van der Waals surface area contributed by atoms with E-state index in [0.29, 0.717) is 5.76 Å². The zero-order valence-corrected chi connectivity index (χ0v) is 9.08. The molecular formula is C9H11BrO3. The van der Waals surface area contributed by atoms with Crippen LogP contribution in [-0.2, 0) is 14.3 Å². The van der Waals surface area contributed by atoms with E-state index in [9.17, 15) is 4.79 Å². The largest absolute Gasteiger partial charge is 0.497 e. The second-order valence-electron chi connectivity index (χ2n) is 2.67. The Morgan fingerprint density at radius 3 is 2.77 bits per heavy atom. The first-order chi connectivity index (χ1) is 6.16. The quantitative estimate of drug-likeness (QED) is 0.561. The highest BCUT2D eigenvalue weighted by Gasteiger charge is 2.35. The molecule has 1 aliphatic carbocycles. The van der Waals surface area contributed by atoms with Gasteiger partial charge in [0.2, 0.25) is 0 Å². The summed E-state index contributed by atoms with van der Waals surface area (Å²) in [6.45, 7) is 0. The zero-order valence-electron chi connectivity index (χ0n) is 7.49. The fourth-order valence-corrected chi connectivity index (χ4v) is 1.61. The molecule has 13 heavy (non-hydrogen) atoms. The zero-order chi connectivity index (χ0) is 9.90. The maximum Gasteiger partial charge on any atom is 0.157 e. The molecule has 2 atom stereocenters. The molecular weight excluding hydrogens is 236 g/mol. The predicted molar refractivity (Wildman–Crippen MR) is 52.5 cm³/mol. The fraction of sp³-hybridized carbons (Fsp3) is 0.444. The number of methoxy groups -OCH3 is 2. The minimum Gasteiger partial charge on any atom is -0.497 e. The van der Waals surface area contributed by atoms with Gasteiger partial charge in [0.05, 0.1) is 13.0 Å². The predicted octanol–water partition coefficient (Wildman–Crippen LogP) is 1.64. The van der Waals surface area contributed by atoms with Crippen molar-refractivity contribution in [2.45, 2.75) is 4.51 Å². The molecule has 0 aromatic heterocycles. The van der Waals surface area contributed by atoms with Crippen molar-refractivity contribution in [1.29, 1.82) is 0 Å². The van der Waals surface area contributed by atoms with Crippen LogP contribution < -0.4 is 0 Å². The Hall–Kier alpha value is -0.610. The molecule has 1 aliphatic rings. The second-order valence-corrected chi connectivity index (χ2v) is 3.91. The van der Waals surface area contributed by atoms with Crippen LogP contribution in [0.5, 0.6) is 0 Å². The van der Waals surface area contributed by atoms with Gasteiger partial charge in [-0.2, -0.15) is 0 Å². The van der Waals surface area contributed by atoms with E-state index in [-0.39, 0.29) is 5.92 Å². The van der Waals surface area contributed by atoms with Crippen LogP contribution in [0.15, 0.2) is 24.0 Å². The standard InChI is InChI=1S/C9H11BrO3/c1-12-8-4-3-7(6-11)9(10,5-8)13-2/h3-7H,1-2H3. The van der Waals surface area contributed by atoms with Crippen LogP contribution >= 0.6 is 15.9 Å². The molecule has 0 spiro atoms. The van der Waals surface area contributed by atoms with Crippen LogP contribution in [0.2, 0.25) is 0 Å². The third-order valence-electron chi connectivity index (χ3n) is 1.96. The van der Waals surface area contributed by atoms with E-state index in [0.717, 1.165) is 6.29 Å². The molecule has 3 nitrogen and oxygen atoms in total. The summed E-state index contributed by atoms with van der Waals surface area (Å²) in [4.78, 5) is 10.7. The van der Waals surface area contributed by atoms with Gasteiger partial charge >= 0.3 is 0 Å². The van der Waals surface area contributed by atoms with Crippen molar-refractivity contribution < 1.29 is 14.3 Å². The molecule has 2 unspecified atom stereocenters. The molecule has 0 amide bonds. The van der Waals surface area contributed by atoms with Gasteiger partial charge in [0.15, 0.2) is 4.51 Å². The van der Waals surface area contributed by atoms with Crippen LogP contribution in [0.4, 0.5) is 0 Å². The van der Waals surface area contributed by atoms with E-state index in [1.807, 2.05) is 0 Å². The summed E-state index contributed by atoms with van der Waals surface area (Å²) >= 11 is 3.34. The Balaban J connectivity index is 2.95. The number of allylic oxidation sites excluding steroid dienone is 1. The molecule has 72 valence electrons. The normalized spacial score (nSPS) is 32.5. The van der Waals surface area contributed by atoms with E-state index in [1.165, 1.54) is 7.11 Å². The second kappa shape index (κ2) is 4.07. The molecule has 0 heterocycles. The molecule has 0 fully saturated rings. The molecule has 0 N–H and O–H groups in total. The highest BCUT2D eigenvalue weighted by atomic mass is 79.9. The fourth-order valence-electron chi connectivity index (χ4n) is 1.13. The summed E-state index contributed by atoms with van der Waals surface area (Å²) in [6, 6.07) is 0. The molecule has 0 radical (unpaired) electrons. The van der Waals surface area contributed by atoms with Gasteiger partial charge in [-0.3, -0.25) is 0 Å². The molecule has 0 aromatic carbocycles. The number of aldehydes is 1. The van der Waals surface area contributed by atoms with Gasteiger partial charge in [-0.25, -0.2) is 0 Å². The Morgan fingerprint density at radius 1 is 1.62 bits per heavy atom. The van der Waals surface area contributed by atoms with Crippen molar-refractivity contribution >= 4 is 22.2 Å². The lowest BCUT2D eigenvalue weighted by Crippen LogP contribution is -2.33. The Morgan fingerprint density at radius 2 is 2.31 bits per heavy atom. The van der Waals surface area contributed by atoms with Crippen molar-refractivity contribution in [3.63, 3.8) is 0 Å². The van der Waals surface area contributed by atoms with Crippen molar-refractivity contribution in [2.24, 2.45) is 5.92 Å². The van der Waals surface area contributed by atoms with Gasteiger partial charge < -0.3 is 14.3 Å². The van der Waals surface area contributed by atoms with Gasteiger partial charge in [0.1, 0.15) is 12.0 Å². The molecule has 1 rings (SSSR count). The number of hydrogen-bond acceptors (Lipinski definition) is 3. The van der Waals surface area contributed by atoms with E-state index in [2.05, 4.69) is 15.9 Å². The third-order valence-corrected chi connectivity index (χ3v) is 3.04. The van der Waals surface area contributed by atoms with Crippen LogP contribution in [0.1, 0.15) is 0 Å². The smallest absolute Gasteiger partial charge is 0.157 e. The number of alkyl halides is 1. The lowest BCUT2D eigenvalue weighted by molar-refractivity contribution is -0.113. The highest BCUT2D eigenvalue weighted by Crippen LogP contribution is 2.34. The maximum absolute atomic E-state index is 10.7. The first-order valence-corrected chi connectivity index (χ1v) is 4.60. The Labute approximate surface area is 85.5 Å². The lowest BCUT2D eigenvalue weighted by atomic mass is 9.98. The summed E-state index contributed by atoms with van der Waals surface area (Å²) < 4.78 is 9.45. The summed E-state index contributed by atoms with van der Waals surface area (Å²) in [5, 5.41) is 0. The summed E-state index contributed by atoms with van der Waals surface area (Å²) in [5.74, 6) is 0.355. The van der Waals surface area contributed by atoms with Crippen LogP contribution in [-0.4, -0.2) is 25.0 Å². The van der Waals surface area contributed by atoms with Crippen LogP contribution in [0.3, 0.4) is 0 Å². The molecule has 0 bridgehead atoms. The number of carbonyl (C=O) groups excluding carboxylic acids is 1. The molecule has 0 aromatic rings. The Kier molecular flexibility index (Phi) is 3.27. The minimum atomic E-state index is -0.769. The van der Waals surface area contributed by atoms with Gasteiger partial charge in [-0.15, -0.1) is 0 Å². The minimum absolute atomic E-state index is 0.323. The lowest BCUT2D eigenvalue weighted by Gasteiger charge is -2.29. The average molecular weight is 247 g/mol. The molecule has 0 saturated heterocycles. The number of carbonyl (C=O) groups is 1. The van der Waals surface area contributed by atoms with Gasteiger partial charge in [-0.05, 0) is 22.0 Å². The highest BCUT2D eigenvalue weighted by molar-refractivity contribution is 9.10. The first kappa shape index (κ1) is 10.5. The summed E-state index contributed by atoms with van der Waals surface area (Å²) in [7, 11) is 3.11. The average Bonchev–Trinajstić information content (AvgIpc) is 2.17. The maximum atomic E-state index is 10.7. The first-order valence-electron chi connectivity index (χ1n) is 3.80. The SMILES string of the molecule is COC1=CC(Br)(OC)C(C=O)C=C1. The topological polar surface area (TPSA) is 35.5 Å². The van der Waals surface area contributed by atoms with E-state index < -0.39 is 4.51 Å². The monoisotopic (exact) mass is 246 g/mol. The molecule has 4 heteroatoms. The van der Waals surface area contributed by atoms with E-state index >= 15 is 0 Å². The van der Waals surface area contributed by atoms with Crippen molar-refractivity contribution in [3.8, 4) is 0 Å². The van der Waals surface area contributed by atoms with Crippen LogP contribution in [0, 0.1) is 5.92 Å². The molecule has 0 aliphatic heterocycles. The third kappa shape index (κ3) is 2.00. The van der Waals surface area contributed by atoms with Crippen LogP contribution in [0.25, 0.3) is 0 Å². The number of rotatable bonds is 3. The molecule has 0 saturated carbocycles. The summed E-state index contributed by atoms with van der Waals surface area (Å²) in [5.41, 5.74) is 0. The van der Waals surface area contributed by atoms with Gasteiger partial charge in [-0.1, -0.05) is 6.08 Å². The van der Waals surface area contributed by atoms with Crippen molar-refractivity contribution in [3.05, 3.63) is 24.0 Å². The van der Waals surface area contributed by atoms with Crippen molar-refractivity contribution in [1.82, 2.24) is 0 Å². The van der Waals surface area contributed by atoms with Gasteiger partial charge in [0.25, 0.3) is 0 Å². The van der Waals surface area contributed by atoms with Crippen molar-refractivity contribution in [2.75, 3.05) is 14.2 Å². The van der Waals surface area contributed by atoms with Gasteiger partial charge in [0, 0.05) is 13.2 Å². The Bertz CT molecular complexity index is 260. The van der Waals surface area contributed by atoms with E-state index in [1.54, 1.807) is 25.3 Å². The summed E-state index contributed by atoms with van der Waals surface area (Å²) in [6.07, 6.45) is 6.05. The van der Waals surface area contributed by atoms with E-state index in [4.69, 9.17) is 9.47 Å². The number of halogens is 1.